The topological polar surface area (TPSA) is 546 Å². The number of anilines is 2. The molecule has 4 aromatic rings. The molecule has 0 saturated carbocycles. The number of aromatic nitrogens is 7. The molecule has 1 unspecified atom stereocenters. The molecule has 40 nitrogen and oxygen atoms in total. The van der Waals surface area contributed by atoms with Gasteiger partial charge in [0.25, 0.3) is 0 Å². The number of hydrogen-bond acceptors (Lipinski definition) is 27. The molecule has 0 aliphatic carbocycles. The number of carbonyl (C=O) groups excluding carboxylic acids is 6. The Morgan fingerprint density at radius 3 is 1.54 bits per heavy atom. The van der Waals surface area contributed by atoms with E-state index in [9.17, 15) is 83.7 Å². The minimum Gasteiger partial charge on any atom is -0.481 e. The molecule has 3 atom stereocenters. The monoisotopic (exact) mass is 1580 g/mol. The van der Waals surface area contributed by atoms with Gasteiger partial charge in [-0.3, -0.25) is 58.1 Å². The Kier molecular flexibility index (Phi) is 44.5. The van der Waals surface area contributed by atoms with E-state index in [1.807, 2.05) is 36.2 Å². The third-order valence-electron chi connectivity index (χ3n) is 18.6. The van der Waals surface area contributed by atoms with Crippen molar-refractivity contribution in [3.63, 3.8) is 0 Å². The number of carboxylic acids is 8. The first-order valence-corrected chi connectivity index (χ1v) is 37.4. The van der Waals surface area contributed by atoms with Gasteiger partial charge in [-0.05, 0) is 89.1 Å². The number of benzene rings is 1. The maximum atomic E-state index is 12.5. The van der Waals surface area contributed by atoms with Crippen LogP contribution in [0.4, 0.5) is 16.7 Å². The Labute approximate surface area is 647 Å². The molecule has 2 saturated heterocycles. The number of urea groups is 1. The Bertz CT molecular complexity index is 3570. The quantitative estimate of drug-likeness (QED) is 0.0276. The number of piperazine rings is 1. The number of carbonyl (C=O) groups is 10. The summed E-state index contributed by atoms with van der Waals surface area (Å²) in [5, 5.41) is 86.8. The van der Waals surface area contributed by atoms with Crippen LogP contribution in [0.15, 0.2) is 49.1 Å². The van der Waals surface area contributed by atoms with Crippen molar-refractivity contribution >= 4 is 83.9 Å². The molecule has 2 fully saturated rings. The summed E-state index contributed by atoms with van der Waals surface area (Å²) >= 11 is 0. The molecule has 6 rings (SSSR count). The predicted molar refractivity (Wildman–Crippen MR) is 396 cm³/mol. The number of carboxylic acid groups (broad SMARTS) is 8. The summed E-state index contributed by atoms with van der Waals surface area (Å²) in [5.41, 5.74) is 1.90. The lowest BCUT2D eigenvalue weighted by molar-refractivity contribution is -0.193. The van der Waals surface area contributed by atoms with E-state index in [-0.39, 0.29) is 82.9 Å². The normalized spacial score (nSPS) is 15.2. The summed E-state index contributed by atoms with van der Waals surface area (Å²) in [6.45, 7) is 7.50. The van der Waals surface area contributed by atoms with Crippen LogP contribution in [0, 0.1) is 0 Å². The van der Waals surface area contributed by atoms with Gasteiger partial charge in [-0.15, -0.1) is 0 Å². The molecule has 112 heavy (non-hydrogen) atoms. The van der Waals surface area contributed by atoms with E-state index < -0.39 is 72.3 Å². The van der Waals surface area contributed by atoms with Crippen molar-refractivity contribution in [2.75, 3.05) is 135 Å². The number of imidazole rings is 2. The van der Waals surface area contributed by atoms with Crippen molar-refractivity contribution in [3.05, 3.63) is 77.7 Å². The van der Waals surface area contributed by atoms with Crippen LogP contribution in [0.5, 0.6) is 0 Å². The fourth-order valence-electron chi connectivity index (χ4n) is 12.9. The van der Waals surface area contributed by atoms with E-state index in [1.165, 1.54) is 0 Å². The summed E-state index contributed by atoms with van der Waals surface area (Å²) in [6.07, 6.45) is 18.5. The van der Waals surface area contributed by atoms with Crippen LogP contribution in [0.1, 0.15) is 138 Å². The minimum absolute atomic E-state index is 0.0374. The highest BCUT2D eigenvalue weighted by molar-refractivity contribution is 5.86. The van der Waals surface area contributed by atoms with E-state index in [0.29, 0.717) is 140 Å². The molecule has 0 spiro atoms. The fraction of sp³-hybridized carbons (Fsp3) is 0.625. The van der Waals surface area contributed by atoms with E-state index >= 15 is 0 Å². The largest absolute Gasteiger partial charge is 0.481 e. The highest BCUT2D eigenvalue weighted by Gasteiger charge is 2.29. The summed E-state index contributed by atoms with van der Waals surface area (Å²) in [4.78, 5) is 189. The van der Waals surface area contributed by atoms with E-state index in [4.69, 9.17) is 39.2 Å². The Balaban J connectivity index is 0.00000426. The number of rotatable bonds is 49. The van der Waals surface area contributed by atoms with E-state index in [2.05, 4.69) is 50.8 Å². The lowest BCUT2D eigenvalue weighted by atomic mass is 10.0. The number of nitrogens with one attached hydrogen (secondary N) is 4. The number of hydrogen-bond donors (Lipinski definition) is 12. The highest BCUT2D eigenvalue weighted by atomic mass is 16.4. The van der Waals surface area contributed by atoms with Gasteiger partial charge >= 0.3 is 66.1 Å². The third kappa shape index (κ3) is 39.8. The van der Waals surface area contributed by atoms with Gasteiger partial charge in [0.2, 0.25) is 17.8 Å². The van der Waals surface area contributed by atoms with Gasteiger partial charge in [0.15, 0.2) is 0 Å². The van der Waals surface area contributed by atoms with Crippen molar-refractivity contribution < 1.29 is 108 Å². The van der Waals surface area contributed by atoms with Crippen LogP contribution >= 0.6 is 0 Å². The second kappa shape index (κ2) is 53.2. The number of amides is 3. The molecule has 618 valence electrons. The maximum absolute atomic E-state index is 12.5. The SMILES string of the molecule is CN1CCN(CC(=O)O)CCN(CC(=O)O)CCN(CC(=O)O)C(Cc2ccc(Cc3nc(NCCCCCN(Cc4nccn4CC(=O)O)Cc4nccn4CC(=O)O)nc(N4CCN(CCCCCCCCCCC(=O)NCCCC[C@H](NC(=O)N[C@@H](CCC(=O)O)C(=O)O)C(=O)O)CC4)n3)cc2)C1.O=C=O.O=C=O. The van der Waals surface area contributed by atoms with Crippen LogP contribution in [-0.2, 0) is 101 Å². The van der Waals surface area contributed by atoms with Gasteiger partial charge in [-0.2, -0.15) is 34.1 Å². The first kappa shape index (κ1) is 93.6. The second-order valence-corrected chi connectivity index (χ2v) is 27.4. The van der Waals surface area contributed by atoms with Crippen molar-refractivity contribution in [2.45, 2.75) is 166 Å². The van der Waals surface area contributed by atoms with Crippen molar-refractivity contribution in [3.8, 4) is 0 Å². The van der Waals surface area contributed by atoms with Gasteiger partial charge in [-0.1, -0.05) is 69.2 Å². The van der Waals surface area contributed by atoms with Crippen molar-refractivity contribution in [2.24, 2.45) is 0 Å². The van der Waals surface area contributed by atoms with Gasteiger partial charge in [0.1, 0.15) is 42.6 Å². The zero-order valence-electron chi connectivity index (χ0n) is 63.4. The van der Waals surface area contributed by atoms with Crippen molar-refractivity contribution in [1.29, 1.82) is 0 Å². The van der Waals surface area contributed by atoms with Crippen LogP contribution in [0.25, 0.3) is 0 Å². The lowest BCUT2D eigenvalue weighted by Gasteiger charge is -2.37. The third-order valence-corrected chi connectivity index (χ3v) is 18.6. The number of aliphatic carboxylic acids is 8. The van der Waals surface area contributed by atoms with Gasteiger partial charge in [-0.25, -0.2) is 24.4 Å². The number of nitrogens with zero attached hydrogens (tertiary/aromatic N) is 14. The van der Waals surface area contributed by atoms with Crippen LogP contribution in [0.3, 0.4) is 0 Å². The summed E-state index contributed by atoms with van der Waals surface area (Å²) < 4.78 is 3.15. The molecule has 2 aliphatic heterocycles. The first-order chi connectivity index (χ1) is 53.7. The Hall–Kier alpha value is -10.7. The molecule has 0 bridgehead atoms. The lowest BCUT2D eigenvalue weighted by Crippen LogP contribution is -2.52. The van der Waals surface area contributed by atoms with Gasteiger partial charge in [0, 0.05) is 135 Å². The van der Waals surface area contributed by atoms with E-state index in [0.717, 1.165) is 101 Å². The van der Waals surface area contributed by atoms with E-state index in [1.54, 1.807) is 43.7 Å². The predicted octanol–water partition coefficient (Wildman–Crippen LogP) is 1.15. The second-order valence-electron chi connectivity index (χ2n) is 27.4. The first-order valence-electron chi connectivity index (χ1n) is 37.4. The van der Waals surface area contributed by atoms with Gasteiger partial charge < -0.3 is 81.1 Å². The smallest absolute Gasteiger partial charge is 0.373 e. The standard InChI is InChI=1S/C70H108N18O18.2CO2/c1-80-31-32-82(46-61(92)93)33-34-83(47-62(94)95)37-40-86(48-63(96)97)53(43-80)41-51-17-19-52(20-18-51)42-56-77-68(74-24-11-8-14-28-84(44-57-71-25-29-87(57)49-64(98)99)45-58-72-26-30-88(58)50-65(100)101)79-69(78-56)85-38-35-81(36-39-85)27-13-7-5-3-2-4-6-9-16-59(89)73-23-12-10-15-54(66(102)103)75-70(106)76-55(67(104)105)21-22-60(90)91;2*2-1-3/h17-20,25-26,29-30,53-55H,2-16,21-24,27-28,31-50H2,1H3,(H,73,89)(H,90,91)(H,92,93)(H,94,95)(H,96,97)(H,98,99)(H,100,101)(H,102,103)(H,104,105)(H2,75,76,106)(H,74,77,78,79);;/t53?,54-,55-;;/m0../s1. The molecule has 3 amide bonds. The average molecular weight is 1580 g/mol. The summed E-state index contributed by atoms with van der Waals surface area (Å²) in [6, 6.07) is 3.95. The molecule has 5 heterocycles. The van der Waals surface area contributed by atoms with Crippen molar-refractivity contribution in [1.82, 2.24) is 79.4 Å². The number of unbranched alkanes of at least 4 members (excludes halogenated alkanes) is 10. The zero-order valence-corrected chi connectivity index (χ0v) is 63.4. The highest BCUT2D eigenvalue weighted by Crippen LogP contribution is 2.21. The fourth-order valence-corrected chi connectivity index (χ4v) is 12.9. The molecule has 1 aromatic carbocycles. The van der Waals surface area contributed by atoms with Gasteiger partial charge in [0.05, 0.1) is 32.7 Å². The molecular formula is C72H108N18O22. The molecule has 2 aliphatic rings. The average Bonchev–Trinajstić information content (AvgIpc) is 1.05. The number of likely N-dealkylation sites (N-methyl/N-ethyl adjacent to an activating group) is 1. The maximum Gasteiger partial charge on any atom is 0.373 e. The van der Waals surface area contributed by atoms with Crippen LogP contribution in [-0.4, -0.2) is 319 Å². The minimum atomic E-state index is -1.50. The summed E-state index contributed by atoms with van der Waals surface area (Å²) in [7, 11) is 1.93. The molecule has 40 heteroatoms. The zero-order chi connectivity index (χ0) is 82.2. The molecule has 12 N–H and O–H groups in total. The Morgan fingerprint density at radius 1 is 0.509 bits per heavy atom. The molecule has 0 radical (unpaired) electrons. The molecular weight excluding hydrogens is 1470 g/mol. The molecule has 3 aromatic heterocycles. The summed E-state index contributed by atoms with van der Waals surface area (Å²) in [5.74, 6) is -6.43. The Morgan fingerprint density at radius 2 is 1.00 bits per heavy atom. The van der Waals surface area contributed by atoms with Crippen LogP contribution < -0.4 is 26.2 Å². The van der Waals surface area contributed by atoms with Crippen LogP contribution in [0.2, 0.25) is 0 Å².